The number of hydrogen-bond donors (Lipinski definition) is 1. The highest BCUT2D eigenvalue weighted by atomic mass is 35.5. The Morgan fingerprint density at radius 2 is 2.21 bits per heavy atom. The molecule has 2 heterocycles. The molecule has 2 amide bonds. The Hall–Kier alpha value is -2.28. The maximum atomic E-state index is 12.8. The molecule has 1 unspecified atom stereocenters. The first kappa shape index (κ1) is 20.0. The summed E-state index contributed by atoms with van der Waals surface area (Å²) in [5, 5.41) is 3.55. The summed E-state index contributed by atoms with van der Waals surface area (Å²) in [5.41, 5.74) is 2.13. The molecule has 2 aromatic rings. The van der Waals surface area contributed by atoms with Crippen LogP contribution in [-0.4, -0.2) is 38.1 Å². The Morgan fingerprint density at radius 3 is 2.97 bits per heavy atom. The summed E-state index contributed by atoms with van der Waals surface area (Å²) in [6.07, 6.45) is 3.94. The lowest BCUT2D eigenvalue weighted by Crippen LogP contribution is -2.33. The van der Waals surface area contributed by atoms with E-state index in [0.717, 1.165) is 35.6 Å². The van der Waals surface area contributed by atoms with Crippen molar-refractivity contribution in [2.75, 3.05) is 25.1 Å². The van der Waals surface area contributed by atoms with E-state index < -0.39 is 0 Å². The molecule has 0 saturated carbocycles. The third-order valence-corrected chi connectivity index (χ3v) is 6.29. The first-order chi connectivity index (χ1) is 14.0. The molecule has 0 aromatic heterocycles. The maximum Gasteiger partial charge on any atom is 0.264 e. The quantitative estimate of drug-likeness (QED) is 0.735. The number of benzene rings is 2. The third-order valence-electron chi connectivity index (χ3n) is 4.98. The van der Waals surface area contributed by atoms with Crippen LogP contribution in [0.5, 0.6) is 0 Å². The van der Waals surface area contributed by atoms with E-state index >= 15 is 0 Å². The fourth-order valence-corrected chi connectivity index (χ4v) is 4.69. The van der Waals surface area contributed by atoms with E-state index in [1.54, 1.807) is 30.1 Å². The number of carbonyl (C=O) groups excluding carboxylic acids is 2. The van der Waals surface area contributed by atoms with Crippen LogP contribution in [0.15, 0.2) is 52.3 Å². The average Bonchev–Trinajstić information content (AvgIpc) is 3.23. The zero-order valence-electron chi connectivity index (χ0n) is 16.0. The van der Waals surface area contributed by atoms with Crippen LogP contribution >= 0.6 is 23.4 Å². The summed E-state index contributed by atoms with van der Waals surface area (Å²) in [6.45, 7) is 1.26. The molecule has 7 heteroatoms. The van der Waals surface area contributed by atoms with Gasteiger partial charge in [0.05, 0.1) is 16.7 Å². The highest BCUT2D eigenvalue weighted by Gasteiger charge is 2.27. The number of halogens is 1. The second-order valence-corrected chi connectivity index (χ2v) is 8.58. The van der Waals surface area contributed by atoms with Crippen LogP contribution in [0.2, 0.25) is 5.02 Å². The molecule has 150 valence electrons. The van der Waals surface area contributed by atoms with E-state index in [1.807, 2.05) is 30.3 Å². The van der Waals surface area contributed by atoms with Crippen molar-refractivity contribution in [1.29, 1.82) is 0 Å². The molecule has 4 rings (SSSR count). The van der Waals surface area contributed by atoms with Crippen LogP contribution in [0.4, 0.5) is 5.69 Å². The topological polar surface area (TPSA) is 58.6 Å². The summed E-state index contributed by atoms with van der Waals surface area (Å²) in [5.74, 6) is -0.270. The number of amides is 2. The van der Waals surface area contributed by atoms with Crippen LogP contribution in [-0.2, 0) is 9.53 Å². The number of rotatable bonds is 4. The summed E-state index contributed by atoms with van der Waals surface area (Å²) in [7, 11) is 1.72. The Bertz CT molecular complexity index is 986. The van der Waals surface area contributed by atoms with Gasteiger partial charge in [-0.3, -0.25) is 9.59 Å². The molecule has 2 aliphatic rings. The van der Waals surface area contributed by atoms with Crippen molar-refractivity contribution < 1.29 is 14.3 Å². The first-order valence-electron chi connectivity index (χ1n) is 9.48. The lowest BCUT2D eigenvalue weighted by molar-refractivity contribution is -0.114. The molecule has 1 atom stereocenters. The van der Waals surface area contributed by atoms with Crippen molar-refractivity contribution in [2.45, 2.75) is 23.8 Å². The fourth-order valence-electron chi connectivity index (χ4n) is 3.40. The third kappa shape index (κ3) is 4.50. The second-order valence-electron chi connectivity index (χ2n) is 7.06. The number of thioether (sulfide) groups is 1. The minimum absolute atomic E-state index is 0.0931. The number of hydrogen-bond acceptors (Lipinski definition) is 4. The summed E-state index contributed by atoms with van der Waals surface area (Å²) < 4.78 is 5.54. The Morgan fingerprint density at radius 1 is 1.34 bits per heavy atom. The molecule has 0 radical (unpaired) electrons. The monoisotopic (exact) mass is 428 g/mol. The first-order valence-corrected chi connectivity index (χ1v) is 10.7. The van der Waals surface area contributed by atoms with E-state index in [9.17, 15) is 9.59 Å². The van der Waals surface area contributed by atoms with Crippen molar-refractivity contribution in [3.8, 4) is 0 Å². The van der Waals surface area contributed by atoms with Gasteiger partial charge >= 0.3 is 0 Å². The fraction of sp³-hybridized carbons (Fsp3) is 0.273. The van der Waals surface area contributed by atoms with E-state index in [4.69, 9.17) is 16.3 Å². The molecular weight excluding hydrogens is 408 g/mol. The molecule has 1 fully saturated rings. The van der Waals surface area contributed by atoms with Gasteiger partial charge in [-0.2, -0.15) is 0 Å². The molecule has 2 aliphatic heterocycles. The van der Waals surface area contributed by atoms with Crippen LogP contribution in [0.1, 0.15) is 28.8 Å². The number of ether oxygens (including phenoxy) is 1. The van der Waals surface area contributed by atoms with Crippen molar-refractivity contribution in [3.63, 3.8) is 0 Å². The predicted molar refractivity (Wildman–Crippen MR) is 116 cm³/mol. The molecule has 0 spiro atoms. The smallest absolute Gasteiger partial charge is 0.264 e. The van der Waals surface area contributed by atoms with Crippen LogP contribution in [0.25, 0.3) is 6.08 Å². The molecule has 0 aliphatic carbocycles. The minimum atomic E-state index is -0.158. The van der Waals surface area contributed by atoms with Gasteiger partial charge in [0.2, 0.25) is 0 Å². The molecular formula is C22H21ClN2O3S. The van der Waals surface area contributed by atoms with Gasteiger partial charge in [0.1, 0.15) is 0 Å². The predicted octanol–water partition coefficient (Wildman–Crippen LogP) is 4.36. The van der Waals surface area contributed by atoms with E-state index in [-0.39, 0.29) is 17.9 Å². The summed E-state index contributed by atoms with van der Waals surface area (Å²) in [4.78, 5) is 28.5. The van der Waals surface area contributed by atoms with Gasteiger partial charge in [-0.05, 0) is 54.8 Å². The molecule has 2 aromatic carbocycles. The van der Waals surface area contributed by atoms with Crippen molar-refractivity contribution in [3.05, 3.63) is 63.5 Å². The van der Waals surface area contributed by atoms with Crippen LogP contribution < -0.4 is 10.2 Å². The van der Waals surface area contributed by atoms with Gasteiger partial charge in [-0.25, -0.2) is 0 Å². The molecule has 0 bridgehead atoms. The van der Waals surface area contributed by atoms with Gasteiger partial charge in [0.25, 0.3) is 11.8 Å². The Labute approximate surface area is 179 Å². The molecule has 5 nitrogen and oxygen atoms in total. The number of likely N-dealkylation sites (N-methyl/N-ethyl adjacent to an activating group) is 1. The lowest BCUT2D eigenvalue weighted by Gasteiger charge is -2.27. The second kappa shape index (κ2) is 8.61. The zero-order chi connectivity index (χ0) is 20.4. The summed E-state index contributed by atoms with van der Waals surface area (Å²) >= 11 is 7.44. The highest BCUT2D eigenvalue weighted by molar-refractivity contribution is 8.04. The Balaban J connectivity index is 1.53. The largest absolute Gasteiger partial charge is 0.376 e. The highest BCUT2D eigenvalue weighted by Crippen LogP contribution is 2.42. The molecule has 1 N–H and O–H groups in total. The van der Waals surface area contributed by atoms with Crippen molar-refractivity contribution in [2.24, 2.45) is 0 Å². The van der Waals surface area contributed by atoms with Crippen molar-refractivity contribution in [1.82, 2.24) is 5.32 Å². The number of anilines is 1. The SMILES string of the molecule is CN1C(=O)C(=Cc2cccc(Cl)c2)Sc2ccc(C(=O)NCC3CCCO3)cc21. The lowest BCUT2D eigenvalue weighted by atomic mass is 10.1. The van der Waals surface area contributed by atoms with E-state index in [0.29, 0.717) is 22.0 Å². The van der Waals surface area contributed by atoms with E-state index in [2.05, 4.69) is 5.32 Å². The average molecular weight is 429 g/mol. The van der Waals surface area contributed by atoms with Crippen LogP contribution in [0.3, 0.4) is 0 Å². The number of nitrogens with one attached hydrogen (secondary N) is 1. The van der Waals surface area contributed by atoms with Gasteiger partial charge in [0.15, 0.2) is 0 Å². The van der Waals surface area contributed by atoms with E-state index in [1.165, 1.54) is 11.8 Å². The molecule has 29 heavy (non-hydrogen) atoms. The number of carbonyl (C=O) groups is 2. The normalized spacial score (nSPS) is 20.1. The standard InChI is InChI=1S/C22H21ClN2O3S/c1-25-18-12-15(21(26)24-13-17-6-3-9-28-17)7-8-19(18)29-20(22(25)27)11-14-4-2-5-16(23)10-14/h2,4-5,7-8,10-12,17H,3,6,9,13H2,1H3,(H,24,26). The maximum absolute atomic E-state index is 12.8. The van der Waals surface area contributed by atoms with Crippen molar-refractivity contribution >= 4 is 46.9 Å². The number of fused-ring (bicyclic) bond motifs is 1. The van der Waals surface area contributed by atoms with Crippen LogP contribution in [0, 0.1) is 0 Å². The molecule has 1 saturated heterocycles. The number of nitrogens with zero attached hydrogens (tertiary/aromatic N) is 1. The van der Waals surface area contributed by atoms with Gasteiger partial charge in [-0.15, -0.1) is 0 Å². The van der Waals surface area contributed by atoms with Gasteiger partial charge in [0, 0.05) is 35.7 Å². The Kier molecular flexibility index (Phi) is 5.94. The van der Waals surface area contributed by atoms with Gasteiger partial charge in [-0.1, -0.05) is 35.5 Å². The van der Waals surface area contributed by atoms with Gasteiger partial charge < -0.3 is 15.0 Å². The summed E-state index contributed by atoms with van der Waals surface area (Å²) in [6, 6.07) is 12.8. The zero-order valence-corrected chi connectivity index (χ0v) is 17.6. The minimum Gasteiger partial charge on any atom is -0.376 e.